The lowest BCUT2D eigenvalue weighted by atomic mass is 9.62. The summed E-state index contributed by atoms with van der Waals surface area (Å²) in [5, 5.41) is 9.30. The summed E-state index contributed by atoms with van der Waals surface area (Å²) in [6.07, 6.45) is 7.29. The summed E-state index contributed by atoms with van der Waals surface area (Å²) in [6, 6.07) is -0.814. The molecule has 3 aliphatic rings. The maximum Gasteiger partial charge on any atom is 0.312 e. The Morgan fingerprint density at radius 1 is 1.29 bits per heavy atom. The summed E-state index contributed by atoms with van der Waals surface area (Å²) in [4.78, 5) is 44.7. The van der Waals surface area contributed by atoms with Crippen LogP contribution in [0.3, 0.4) is 0 Å². The molecule has 2 bridgehead atoms. The minimum atomic E-state index is -1.07. The lowest BCUT2D eigenvalue weighted by molar-refractivity contribution is -0.162. The number of hydrogen-bond acceptors (Lipinski definition) is 6. The molecule has 2 amide bonds. The minimum absolute atomic E-state index is 0.0121. The number of aliphatic hydroxyl groups is 1. The molecule has 1 spiro atoms. The van der Waals surface area contributed by atoms with Gasteiger partial charge in [0.25, 0.3) is 0 Å². The average Bonchev–Trinajstić information content (AvgIpc) is 3.33. The van der Waals surface area contributed by atoms with Gasteiger partial charge in [-0.3, -0.25) is 14.4 Å². The summed E-state index contributed by atoms with van der Waals surface area (Å²) < 4.78 is 12.2. The zero-order valence-corrected chi connectivity index (χ0v) is 21.5. The second kappa shape index (κ2) is 11.2. The first-order valence-electron chi connectivity index (χ1n) is 13.0. The van der Waals surface area contributed by atoms with Crippen molar-refractivity contribution in [3.63, 3.8) is 0 Å². The molecule has 1 N–H and O–H groups in total. The number of hydrogen-bond donors (Lipinski definition) is 1. The van der Waals surface area contributed by atoms with E-state index in [-0.39, 0.29) is 30.9 Å². The largest absolute Gasteiger partial charge is 0.465 e. The number of ether oxygens (including phenoxy) is 2. The molecule has 8 heteroatoms. The van der Waals surface area contributed by atoms with Crippen LogP contribution < -0.4 is 0 Å². The SMILES string of the molecule is C=CCCOC(=O)[C@H]1[C@H]2C(=O)N(CCCCO)C(C(=O)N(CC=C)CCCC)C23CC(C)[C@]1(C)O3. The van der Waals surface area contributed by atoms with Crippen LogP contribution in [-0.2, 0) is 23.9 Å². The van der Waals surface area contributed by atoms with E-state index >= 15 is 0 Å². The molecule has 3 rings (SSSR count). The highest BCUT2D eigenvalue weighted by Crippen LogP contribution is 2.65. The van der Waals surface area contributed by atoms with Gasteiger partial charge in [-0.1, -0.05) is 32.4 Å². The van der Waals surface area contributed by atoms with Crippen molar-refractivity contribution in [2.75, 3.05) is 32.8 Å². The Kier molecular flexibility index (Phi) is 8.81. The van der Waals surface area contributed by atoms with Crippen LogP contribution in [0.4, 0.5) is 0 Å². The lowest BCUT2D eigenvalue weighted by Gasteiger charge is -2.37. The Balaban J connectivity index is 2.02. The summed E-state index contributed by atoms with van der Waals surface area (Å²) in [6.45, 7) is 14.9. The van der Waals surface area contributed by atoms with Crippen molar-refractivity contribution < 1.29 is 29.0 Å². The Hall–Kier alpha value is -2.19. The van der Waals surface area contributed by atoms with E-state index in [1.54, 1.807) is 22.0 Å². The zero-order chi connectivity index (χ0) is 25.8. The molecule has 0 aromatic heterocycles. The van der Waals surface area contributed by atoms with Gasteiger partial charge >= 0.3 is 5.97 Å². The first kappa shape index (κ1) is 27.4. The van der Waals surface area contributed by atoms with Gasteiger partial charge in [0.15, 0.2) is 0 Å². The van der Waals surface area contributed by atoms with Crippen molar-refractivity contribution >= 4 is 17.8 Å². The molecule has 3 unspecified atom stereocenters. The third-order valence-electron chi connectivity index (χ3n) is 8.12. The first-order valence-corrected chi connectivity index (χ1v) is 13.0. The van der Waals surface area contributed by atoms with Crippen LogP contribution in [0.2, 0.25) is 0 Å². The van der Waals surface area contributed by atoms with E-state index in [0.717, 1.165) is 12.8 Å². The molecule has 0 aromatic carbocycles. The molecule has 0 aliphatic carbocycles. The van der Waals surface area contributed by atoms with E-state index in [0.29, 0.717) is 45.3 Å². The summed E-state index contributed by atoms with van der Waals surface area (Å²) >= 11 is 0. The predicted molar refractivity (Wildman–Crippen MR) is 132 cm³/mol. The number of amides is 2. The Morgan fingerprint density at radius 2 is 2.03 bits per heavy atom. The average molecular weight is 491 g/mol. The fraction of sp³-hybridized carbons (Fsp3) is 0.741. The number of likely N-dealkylation sites (tertiary alicyclic amines) is 1. The van der Waals surface area contributed by atoms with Gasteiger partial charge in [0.2, 0.25) is 11.8 Å². The molecule has 6 atom stereocenters. The molecular weight excluding hydrogens is 448 g/mol. The maximum atomic E-state index is 14.1. The number of aliphatic hydroxyl groups excluding tert-OH is 1. The second-order valence-corrected chi connectivity index (χ2v) is 10.3. The van der Waals surface area contributed by atoms with Crippen molar-refractivity contribution in [3.8, 4) is 0 Å². The number of rotatable bonds is 14. The molecule has 3 saturated heterocycles. The highest BCUT2D eigenvalue weighted by atomic mass is 16.6. The number of nitrogens with zero attached hydrogens (tertiary/aromatic N) is 2. The van der Waals surface area contributed by atoms with Crippen LogP contribution >= 0.6 is 0 Å². The van der Waals surface area contributed by atoms with Gasteiger partial charge in [-0.05, 0) is 44.9 Å². The normalized spacial score (nSPS) is 33.0. The van der Waals surface area contributed by atoms with Gasteiger partial charge in [-0.15, -0.1) is 13.2 Å². The maximum absolute atomic E-state index is 14.1. The topological polar surface area (TPSA) is 96.4 Å². The molecule has 196 valence electrons. The zero-order valence-electron chi connectivity index (χ0n) is 21.5. The van der Waals surface area contributed by atoms with Gasteiger partial charge < -0.3 is 24.4 Å². The van der Waals surface area contributed by atoms with Crippen molar-refractivity contribution in [2.45, 2.75) is 76.5 Å². The second-order valence-electron chi connectivity index (χ2n) is 10.3. The van der Waals surface area contributed by atoms with Crippen LogP contribution in [0, 0.1) is 17.8 Å². The van der Waals surface area contributed by atoms with E-state index in [2.05, 4.69) is 20.1 Å². The van der Waals surface area contributed by atoms with Gasteiger partial charge in [0, 0.05) is 26.2 Å². The van der Waals surface area contributed by atoms with Gasteiger partial charge in [-0.2, -0.15) is 0 Å². The molecule has 0 aromatic rings. The summed E-state index contributed by atoms with van der Waals surface area (Å²) in [7, 11) is 0. The summed E-state index contributed by atoms with van der Waals surface area (Å²) in [5.74, 6) is -2.39. The Morgan fingerprint density at radius 3 is 2.66 bits per heavy atom. The Bertz CT molecular complexity index is 830. The molecule has 35 heavy (non-hydrogen) atoms. The van der Waals surface area contributed by atoms with E-state index in [9.17, 15) is 19.5 Å². The van der Waals surface area contributed by atoms with E-state index in [4.69, 9.17) is 9.47 Å². The molecule has 8 nitrogen and oxygen atoms in total. The van der Waals surface area contributed by atoms with Crippen molar-refractivity contribution in [1.82, 2.24) is 9.80 Å². The number of fused-ring (bicyclic) bond motifs is 1. The number of unbranched alkanes of at least 4 members (excludes halogenated alkanes) is 2. The molecule has 0 saturated carbocycles. The molecule has 0 radical (unpaired) electrons. The summed E-state index contributed by atoms with van der Waals surface area (Å²) in [5.41, 5.74) is -1.96. The third-order valence-corrected chi connectivity index (χ3v) is 8.12. The van der Waals surface area contributed by atoms with Crippen LogP contribution in [-0.4, -0.2) is 82.8 Å². The van der Waals surface area contributed by atoms with Crippen molar-refractivity contribution in [1.29, 1.82) is 0 Å². The third kappa shape index (κ3) is 4.67. The number of carbonyl (C=O) groups is 3. The molecule has 3 fully saturated rings. The van der Waals surface area contributed by atoms with E-state index in [1.807, 2.05) is 13.8 Å². The van der Waals surface area contributed by atoms with Crippen molar-refractivity contribution in [3.05, 3.63) is 25.3 Å². The number of esters is 1. The fourth-order valence-electron chi connectivity index (χ4n) is 6.31. The molecular formula is C27H42N2O6. The minimum Gasteiger partial charge on any atom is -0.465 e. The van der Waals surface area contributed by atoms with Crippen LogP contribution in [0.1, 0.15) is 59.3 Å². The monoisotopic (exact) mass is 490 g/mol. The number of carbonyl (C=O) groups excluding carboxylic acids is 3. The van der Waals surface area contributed by atoms with Gasteiger partial charge in [0.05, 0.1) is 18.1 Å². The smallest absolute Gasteiger partial charge is 0.312 e. The van der Waals surface area contributed by atoms with Gasteiger partial charge in [0.1, 0.15) is 17.6 Å². The van der Waals surface area contributed by atoms with Crippen molar-refractivity contribution in [2.24, 2.45) is 17.8 Å². The van der Waals surface area contributed by atoms with Crippen LogP contribution in [0.25, 0.3) is 0 Å². The highest BCUT2D eigenvalue weighted by molar-refractivity contribution is 5.98. The van der Waals surface area contributed by atoms with E-state index in [1.165, 1.54) is 0 Å². The van der Waals surface area contributed by atoms with Crippen LogP contribution in [0.15, 0.2) is 25.3 Å². The van der Waals surface area contributed by atoms with Gasteiger partial charge in [-0.25, -0.2) is 0 Å². The van der Waals surface area contributed by atoms with E-state index < -0.39 is 35.0 Å². The Labute approximate surface area is 209 Å². The first-order chi connectivity index (χ1) is 16.7. The lowest BCUT2D eigenvalue weighted by Crippen LogP contribution is -2.56. The van der Waals surface area contributed by atoms with Crippen LogP contribution in [0.5, 0.6) is 0 Å². The standard InChI is InChI=1S/C27H42N2O6/c1-6-9-14-28(13-8-3)24(32)22-27-18-19(4)26(5,35-27)21(25(33)34-17-10-7-2)20(27)23(31)29(22)15-11-12-16-30/h7-8,19-22,30H,2-3,6,9-18H2,1,4-5H3/t19?,20-,21+,22?,26-,27?/m0/s1. The molecule has 3 aliphatic heterocycles. The quantitative estimate of drug-likeness (QED) is 0.229. The fourth-order valence-corrected chi connectivity index (χ4v) is 6.31. The predicted octanol–water partition coefficient (Wildman–Crippen LogP) is 2.70. The molecule has 3 heterocycles. The highest BCUT2D eigenvalue weighted by Gasteiger charge is 2.80.